The summed E-state index contributed by atoms with van der Waals surface area (Å²) in [7, 11) is 0. The monoisotopic (exact) mass is 441 g/mol. The Bertz CT molecular complexity index is 1100. The first-order valence-electron chi connectivity index (χ1n) is 11.7. The van der Waals surface area contributed by atoms with Gasteiger partial charge in [0.2, 0.25) is 0 Å². The Labute approximate surface area is 195 Å². The third-order valence-corrected chi connectivity index (χ3v) is 6.15. The molecular formula is C28H31N3O2. The lowest BCUT2D eigenvalue weighted by atomic mass is 10.0. The van der Waals surface area contributed by atoms with Crippen molar-refractivity contribution in [2.75, 3.05) is 11.9 Å². The molecular weight excluding hydrogens is 410 g/mol. The minimum atomic E-state index is -0.251. The number of carbonyl (C=O) groups excluding carboxylic acids is 2. The van der Waals surface area contributed by atoms with Crippen LogP contribution in [0.4, 0.5) is 5.69 Å². The highest BCUT2D eigenvalue weighted by molar-refractivity contribution is 5.99. The van der Waals surface area contributed by atoms with Crippen LogP contribution in [0.25, 0.3) is 0 Å². The Morgan fingerprint density at radius 2 is 1.67 bits per heavy atom. The lowest BCUT2D eigenvalue weighted by molar-refractivity contribution is 0.0659. The molecule has 1 heterocycles. The normalized spacial score (nSPS) is 15.8. The van der Waals surface area contributed by atoms with Crippen LogP contribution in [0.15, 0.2) is 78.9 Å². The second-order valence-corrected chi connectivity index (χ2v) is 8.55. The molecule has 4 rings (SSSR count). The van der Waals surface area contributed by atoms with E-state index in [1.54, 1.807) is 0 Å². The molecule has 1 aliphatic heterocycles. The molecule has 0 saturated carbocycles. The molecule has 2 N–H and O–H groups in total. The highest BCUT2D eigenvalue weighted by atomic mass is 16.2. The van der Waals surface area contributed by atoms with Crippen molar-refractivity contribution in [3.63, 3.8) is 0 Å². The molecule has 0 spiro atoms. The molecule has 170 valence electrons. The predicted molar refractivity (Wildman–Crippen MR) is 132 cm³/mol. The van der Waals surface area contributed by atoms with Gasteiger partial charge >= 0.3 is 0 Å². The summed E-state index contributed by atoms with van der Waals surface area (Å²) >= 11 is 0. The number of carbonyl (C=O) groups is 2. The zero-order chi connectivity index (χ0) is 23.2. The highest BCUT2D eigenvalue weighted by Crippen LogP contribution is 2.36. The molecule has 3 aromatic carbocycles. The first-order chi connectivity index (χ1) is 16.1. The molecule has 2 amide bonds. The number of hydrogen-bond donors (Lipinski definition) is 2. The Morgan fingerprint density at radius 1 is 0.970 bits per heavy atom. The summed E-state index contributed by atoms with van der Waals surface area (Å²) in [6.07, 6.45) is 2.44. The summed E-state index contributed by atoms with van der Waals surface area (Å²) in [5, 5.41) is 6.44. The molecule has 0 radical (unpaired) electrons. The number of nitrogens with one attached hydrogen (secondary N) is 2. The van der Waals surface area contributed by atoms with Crippen molar-refractivity contribution in [1.82, 2.24) is 10.2 Å². The number of amides is 2. The fourth-order valence-corrected chi connectivity index (χ4v) is 4.31. The Kier molecular flexibility index (Phi) is 7.08. The number of fused-ring (bicyclic) bond motifs is 1. The van der Waals surface area contributed by atoms with Crippen LogP contribution in [-0.4, -0.2) is 29.3 Å². The van der Waals surface area contributed by atoms with E-state index in [4.69, 9.17) is 0 Å². The summed E-state index contributed by atoms with van der Waals surface area (Å²) in [4.78, 5) is 27.5. The van der Waals surface area contributed by atoms with Gasteiger partial charge in [-0.15, -0.1) is 0 Å². The number of nitrogens with zero attached hydrogens (tertiary/aromatic N) is 1. The van der Waals surface area contributed by atoms with Gasteiger partial charge in [0.15, 0.2) is 0 Å². The van der Waals surface area contributed by atoms with Gasteiger partial charge in [-0.1, -0.05) is 55.5 Å². The van der Waals surface area contributed by atoms with Gasteiger partial charge in [-0.05, 0) is 62.1 Å². The molecule has 0 aromatic heterocycles. The van der Waals surface area contributed by atoms with Crippen LogP contribution < -0.4 is 10.6 Å². The van der Waals surface area contributed by atoms with Gasteiger partial charge in [-0.3, -0.25) is 9.59 Å². The van der Waals surface area contributed by atoms with Gasteiger partial charge in [-0.2, -0.15) is 0 Å². The number of anilines is 1. The molecule has 5 heteroatoms. The van der Waals surface area contributed by atoms with Crippen molar-refractivity contribution in [3.05, 3.63) is 101 Å². The fraction of sp³-hybridized carbons (Fsp3) is 0.286. The topological polar surface area (TPSA) is 61.4 Å². The van der Waals surface area contributed by atoms with Gasteiger partial charge in [0.25, 0.3) is 11.8 Å². The molecule has 1 aliphatic rings. The molecule has 33 heavy (non-hydrogen) atoms. The van der Waals surface area contributed by atoms with Crippen LogP contribution in [0.1, 0.15) is 64.7 Å². The lowest BCUT2D eigenvalue weighted by Gasteiger charge is -2.32. The molecule has 2 atom stereocenters. The van der Waals surface area contributed by atoms with Gasteiger partial charge in [0, 0.05) is 35.0 Å². The lowest BCUT2D eigenvalue weighted by Crippen LogP contribution is -2.39. The van der Waals surface area contributed by atoms with E-state index in [-0.39, 0.29) is 24.0 Å². The average molecular weight is 442 g/mol. The average Bonchev–Trinajstić information content (AvgIpc) is 3.13. The van der Waals surface area contributed by atoms with Crippen LogP contribution in [0.3, 0.4) is 0 Å². The number of aryl methyl sites for hydroxylation is 1. The maximum absolute atomic E-state index is 13.3. The van der Waals surface area contributed by atoms with Crippen molar-refractivity contribution < 1.29 is 9.59 Å². The Balaban J connectivity index is 1.52. The van der Waals surface area contributed by atoms with Crippen LogP contribution in [0.2, 0.25) is 0 Å². The molecule has 0 bridgehead atoms. The molecule has 2 unspecified atom stereocenters. The van der Waals surface area contributed by atoms with E-state index in [1.165, 1.54) is 5.56 Å². The summed E-state index contributed by atoms with van der Waals surface area (Å²) in [5.74, 6) is -0.0137. The first-order valence-corrected chi connectivity index (χ1v) is 11.7. The van der Waals surface area contributed by atoms with E-state index in [0.29, 0.717) is 12.1 Å². The minimum Gasteiger partial charge on any atom is -0.361 e. The second-order valence-electron chi connectivity index (χ2n) is 8.55. The smallest absolute Gasteiger partial charge is 0.256 e. The van der Waals surface area contributed by atoms with Crippen LogP contribution in [0.5, 0.6) is 0 Å². The second kappa shape index (κ2) is 10.3. The number of rotatable bonds is 9. The van der Waals surface area contributed by atoms with Gasteiger partial charge < -0.3 is 15.5 Å². The summed E-state index contributed by atoms with van der Waals surface area (Å²) in [6, 6.07) is 25.7. The minimum absolute atomic E-state index is 0.0548. The van der Waals surface area contributed by atoms with E-state index in [1.807, 2.05) is 78.6 Å². The maximum Gasteiger partial charge on any atom is 0.256 e. The first kappa shape index (κ1) is 22.6. The standard InChI is InChI=1S/C28H31N3O2/c1-3-19-29-27(32)22-15-17-23(18-16-22)30-26-24-11-7-8-12-25(24)28(33)31(26)20(2)13-14-21-9-5-4-6-10-21/h4-12,15-18,20,26,30H,3,13-14,19H2,1-2H3,(H,29,32). The molecule has 0 fully saturated rings. The maximum atomic E-state index is 13.3. The van der Waals surface area contributed by atoms with Crippen molar-refractivity contribution in [3.8, 4) is 0 Å². The van der Waals surface area contributed by atoms with Gasteiger partial charge in [0.1, 0.15) is 6.17 Å². The van der Waals surface area contributed by atoms with Crippen LogP contribution in [-0.2, 0) is 6.42 Å². The molecule has 0 saturated heterocycles. The van der Waals surface area contributed by atoms with E-state index in [0.717, 1.165) is 36.1 Å². The molecule has 5 nitrogen and oxygen atoms in total. The van der Waals surface area contributed by atoms with E-state index >= 15 is 0 Å². The SMILES string of the molecule is CCCNC(=O)c1ccc(NC2c3ccccc3C(=O)N2C(C)CCc2ccccc2)cc1. The summed E-state index contributed by atoms with van der Waals surface area (Å²) in [6.45, 7) is 4.80. The van der Waals surface area contributed by atoms with E-state index < -0.39 is 0 Å². The van der Waals surface area contributed by atoms with Crippen LogP contribution in [0, 0.1) is 0 Å². The zero-order valence-electron chi connectivity index (χ0n) is 19.3. The summed E-state index contributed by atoms with van der Waals surface area (Å²) < 4.78 is 0. The quantitative estimate of drug-likeness (QED) is 0.466. The predicted octanol–water partition coefficient (Wildman–Crippen LogP) is 5.41. The van der Waals surface area contributed by atoms with E-state index in [2.05, 4.69) is 29.7 Å². The van der Waals surface area contributed by atoms with Gasteiger partial charge in [-0.25, -0.2) is 0 Å². The third-order valence-electron chi connectivity index (χ3n) is 6.15. The Hall–Kier alpha value is -3.60. The third kappa shape index (κ3) is 5.08. The largest absolute Gasteiger partial charge is 0.361 e. The highest BCUT2D eigenvalue weighted by Gasteiger charge is 2.39. The summed E-state index contributed by atoms with van der Waals surface area (Å²) in [5.41, 5.74) is 4.51. The molecule has 0 aliphatic carbocycles. The number of hydrogen-bond acceptors (Lipinski definition) is 3. The number of benzene rings is 3. The van der Waals surface area contributed by atoms with Crippen molar-refractivity contribution in [2.24, 2.45) is 0 Å². The fourth-order valence-electron chi connectivity index (χ4n) is 4.31. The van der Waals surface area contributed by atoms with Crippen molar-refractivity contribution in [1.29, 1.82) is 0 Å². The van der Waals surface area contributed by atoms with Crippen molar-refractivity contribution >= 4 is 17.5 Å². The van der Waals surface area contributed by atoms with Gasteiger partial charge in [0.05, 0.1) is 0 Å². The van der Waals surface area contributed by atoms with Crippen LogP contribution >= 0.6 is 0 Å². The van der Waals surface area contributed by atoms with Crippen molar-refractivity contribution in [2.45, 2.75) is 45.3 Å². The zero-order valence-corrected chi connectivity index (χ0v) is 19.3. The Morgan fingerprint density at radius 3 is 2.39 bits per heavy atom. The molecule has 3 aromatic rings. The van der Waals surface area contributed by atoms with E-state index in [9.17, 15) is 9.59 Å².